The van der Waals surface area contributed by atoms with Gasteiger partial charge in [-0.2, -0.15) is 0 Å². The lowest BCUT2D eigenvalue weighted by Gasteiger charge is -2.04. The number of hydrogen-bond acceptors (Lipinski definition) is 2. The highest BCUT2D eigenvalue weighted by Gasteiger charge is 2.06. The number of hydrogen-bond donors (Lipinski definition) is 1. The maximum absolute atomic E-state index is 11.9. The van der Waals surface area contributed by atoms with Crippen LogP contribution in [-0.2, 0) is 0 Å². The lowest BCUT2D eigenvalue weighted by atomic mass is 10.0. The molecule has 0 saturated heterocycles. The third-order valence-electron chi connectivity index (χ3n) is 2.90. The summed E-state index contributed by atoms with van der Waals surface area (Å²) < 4.78 is 0. The molecule has 0 heterocycles. The van der Waals surface area contributed by atoms with E-state index in [1.54, 1.807) is 6.07 Å². The van der Waals surface area contributed by atoms with Crippen molar-refractivity contribution < 1.29 is 4.79 Å². The van der Waals surface area contributed by atoms with Crippen molar-refractivity contribution in [3.8, 4) is 0 Å². The monoisotopic (exact) mass is 231 g/mol. The molecule has 0 bridgehead atoms. The van der Waals surface area contributed by atoms with Gasteiger partial charge in [0.2, 0.25) is 0 Å². The van der Waals surface area contributed by atoms with Gasteiger partial charge in [0.05, 0.1) is 0 Å². The predicted molar refractivity (Wildman–Crippen MR) is 73.2 cm³/mol. The zero-order chi connectivity index (χ0) is 12.7. The SMILES string of the molecule is C=CCCCCCC(=O)c1ccc(N)c(C)c1. The second kappa shape index (κ2) is 6.89. The Labute approximate surface area is 104 Å². The van der Waals surface area contributed by atoms with Gasteiger partial charge < -0.3 is 5.73 Å². The first-order chi connectivity index (χ1) is 8.15. The Morgan fingerprint density at radius 1 is 1.35 bits per heavy atom. The van der Waals surface area contributed by atoms with Gasteiger partial charge in [-0.15, -0.1) is 6.58 Å². The average Bonchev–Trinajstić information content (AvgIpc) is 2.32. The molecule has 0 fully saturated rings. The van der Waals surface area contributed by atoms with Crippen LogP contribution in [0.25, 0.3) is 0 Å². The van der Waals surface area contributed by atoms with Crippen LogP contribution >= 0.6 is 0 Å². The normalized spacial score (nSPS) is 10.2. The molecule has 0 amide bonds. The second-order valence-electron chi connectivity index (χ2n) is 4.38. The minimum atomic E-state index is 0.215. The van der Waals surface area contributed by atoms with Crippen molar-refractivity contribution in [3.05, 3.63) is 42.0 Å². The molecule has 2 N–H and O–H groups in total. The number of anilines is 1. The maximum Gasteiger partial charge on any atom is 0.162 e. The number of allylic oxidation sites excluding steroid dienone is 1. The van der Waals surface area contributed by atoms with Crippen LogP contribution in [-0.4, -0.2) is 5.78 Å². The van der Waals surface area contributed by atoms with E-state index in [0.717, 1.165) is 42.5 Å². The first-order valence-corrected chi connectivity index (χ1v) is 6.15. The van der Waals surface area contributed by atoms with Gasteiger partial charge in [0, 0.05) is 17.7 Å². The van der Waals surface area contributed by atoms with Gasteiger partial charge in [0.15, 0.2) is 5.78 Å². The largest absolute Gasteiger partial charge is 0.399 e. The predicted octanol–water partition coefficient (Wildman–Crippen LogP) is 3.90. The van der Waals surface area contributed by atoms with Crippen molar-refractivity contribution >= 4 is 11.5 Å². The van der Waals surface area contributed by atoms with Crippen LogP contribution < -0.4 is 5.73 Å². The summed E-state index contributed by atoms with van der Waals surface area (Å²) in [6.45, 7) is 5.61. The molecule has 0 radical (unpaired) electrons. The molecular formula is C15H21NO. The third kappa shape index (κ3) is 4.43. The summed E-state index contributed by atoms with van der Waals surface area (Å²) in [5, 5.41) is 0. The number of nitrogen functional groups attached to an aromatic ring is 1. The highest BCUT2D eigenvalue weighted by Crippen LogP contribution is 2.15. The molecule has 0 unspecified atom stereocenters. The van der Waals surface area contributed by atoms with Crippen LogP contribution in [0.4, 0.5) is 5.69 Å². The van der Waals surface area contributed by atoms with Gasteiger partial charge in [-0.25, -0.2) is 0 Å². The quantitative estimate of drug-likeness (QED) is 0.335. The molecule has 0 aliphatic carbocycles. The van der Waals surface area contributed by atoms with E-state index in [0.29, 0.717) is 6.42 Å². The number of unbranched alkanes of at least 4 members (excludes halogenated alkanes) is 3. The molecule has 0 atom stereocenters. The highest BCUT2D eigenvalue weighted by atomic mass is 16.1. The molecule has 0 aliphatic rings. The molecule has 1 rings (SSSR count). The zero-order valence-corrected chi connectivity index (χ0v) is 10.5. The van der Waals surface area contributed by atoms with Crippen molar-refractivity contribution in [2.45, 2.75) is 39.0 Å². The number of Topliss-reactive ketones (excluding diaryl/α,β-unsaturated/α-hetero) is 1. The molecular weight excluding hydrogens is 210 g/mol. The van der Waals surface area contributed by atoms with E-state index in [4.69, 9.17) is 5.73 Å². The molecule has 92 valence electrons. The molecule has 1 aromatic carbocycles. The maximum atomic E-state index is 11.9. The number of benzene rings is 1. The molecule has 2 nitrogen and oxygen atoms in total. The van der Waals surface area contributed by atoms with E-state index in [1.165, 1.54) is 0 Å². The standard InChI is InChI=1S/C15H21NO/c1-3-4-5-6-7-8-15(17)13-9-10-14(16)12(2)11-13/h3,9-11H,1,4-8,16H2,2H3. The van der Waals surface area contributed by atoms with Gasteiger partial charge in [-0.1, -0.05) is 12.5 Å². The number of nitrogens with two attached hydrogens (primary N) is 1. The number of ketones is 1. The molecule has 2 heteroatoms. The Hall–Kier alpha value is -1.57. The van der Waals surface area contributed by atoms with Gasteiger partial charge in [-0.3, -0.25) is 4.79 Å². The van der Waals surface area contributed by atoms with Gasteiger partial charge >= 0.3 is 0 Å². The van der Waals surface area contributed by atoms with Gasteiger partial charge in [0.1, 0.15) is 0 Å². The fourth-order valence-electron chi connectivity index (χ4n) is 1.74. The summed E-state index contributed by atoms with van der Waals surface area (Å²) in [5.74, 6) is 0.215. The number of carbonyl (C=O) groups excluding carboxylic acids is 1. The van der Waals surface area contributed by atoms with Crippen LogP contribution in [0.15, 0.2) is 30.9 Å². The lowest BCUT2D eigenvalue weighted by Crippen LogP contribution is -2.00. The van der Waals surface area contributed by atoms with Gasteiger partial charge in [-0.05, 0) is 49.9 Å². The molecule has 0 spiro atoms. The Bertz CT molecular complexity index is 396. The minimum absolute atomic E-state index is 0.215. The summed E-state index contributed by atoms with van der Waals surface area (Å²) >= 11 is 0. The van der Waals surface area contributed by atoms with Crippen molar-refractivity contribution in [3.63, 3.8) is 0 Å². The Morgan fingerprint density at radius 3 is 2.76 bits per heavy atom. The van der Waals surface area contributed by atoms with Crippen molar-refractivity contribution in [2.75, 3.05) is 5.73 Å². The average molecular weight is 231 g/mol. The summed E-state index contributed by atoms with van der Waals surface area (Å²) in [4.78, 5) is 11.9. The van der Waals surface area contributed by atoms with Crippen LogP contribution in [0.2, 0.25) is 0 Å². The number of carbonyl (C=O) groups is 1. The second-order valence-corrected chi connectivity index (χ2v) is 4.38. The smallest absolute Gasteiger partial charge is 0.162 e. The van der Waals surface area contributed by atoms with E-state index in [-0.39, 0.29) is 5.78 Å². The zero-order valence-electron chi connectivity index (χ0n) is 10.5. The van der Waals surface area contributed by atoms with Crippen LogP contribution in [0.5, 0.6) is 0 Å². The molecule has 17 heavy (non-hydrogen) atoms. The number of rotatable bonds is 7. The Morgan fingerprint density at radius 2 is 2.12 bits per heavy atom. The molecule has 0 aliphatic heterocycles. The molecule has 0 aromatic heterocycles. The lowest BCUT2D eigenvalue weighted by molar-refractivity contribution is 0.0979. The van der Waals surface area contributed by atoms with E-state index < -0.39 is 0 Å². The number of aryl methyl sites for hydroxylation is 1. The van der Waals surface area contributed by atoms with Crippen LogP contribution in [0.3, 0.4) is 0 Å². The van der Waals surface area contributed by atoms with E-state index in [9.17, 15) is 4.79 Å². The first kappa shape index (κ1) is 13.5. The minimum Gasteiger partial charge on any atom is -0.399 e. The summed E-state index contributed by atoms with van der Waals surface area (Å²) in [6, 6.07) is 5.50. The van der Waals surface area contributed by atoms with E-state index in [2.05, 4.69) is 6.58 Å². The van der Waals surface area contributed by atoms with E-state index in [1.807, 2.05) is 25.1 Å². The fraction of sp³-hybridized carbons (Fsp3) is 0.400. The van der Waals surface area contributed by atoms with E-state index >= 15 is 0 Å². The van der Waals surface area contributed by atoms with Crippen molar-refractivity contribution in [1.82, 2.24) is 0 Å². The Kier molecular flexibility index (Phi) is 5.47. The molecule has 1 aromatic rings. The summed E-state index contributed by atoms with van der Waals surface area (Å²) in [6.07, 6.45) is 6.75. The third-order valence-corrected chi connectivity index (χ3v) is 2.90. The summed E-state index contributed by atoms with van der Waals surface area (Å²) in [7, 11) is 0. The van der Waals surface area contributed by atoms with Crippen LogP contribution in [0.1, 0.15) is 48.0 Å². The highest BCUT2D eigenvalue weighted by molar-refractivity contribution is 5.96. The Balaban J connectivity index is 2.41. The topological polar surface area (TPSA) is 43.1 Å². The summed E-state index contributed by atoms with van der Waals surface area (Å²) in [5.41, 5.74) is 8.22. The van der Waals surface area contributed by atoms with Gasteiger partial charge in [0.25, 0.3) is 0 Å². The fourth-order valence-corrected chi connectivity index (χ4v) is 1.74. The van der Waals surface area contributed by atoms with Crippen LogP contribution in [0, 0.1) is 6.92 Å². The molecule has 0 saturated carbocycles. The van der Waals surface area contributed by atoms with Crippen molar-refractivity contribution in [2.24, 2.45) is 0 Å². The van der Waals surface area contributed by atoms with Crippen molar-refractivity contribution in [1.29, 1.82) is 0 Å². The first-order valence-electron chi connectivity index (χ1n) is 6.15.